The fourth-order valence-corrected chi connectivity index (χ4v) is 5.12. The molecule has 1 atom stereocenters. The average Bonchev–Trinajstić information content (AvgIpc) is 2.54. The average molecular weight is 457 g/mol. The van der Waals surface area contributed by atoms with E-state index in [-0.39, 0.29) is 7.20 Å². The Hall–Kier alpha value is 1.08. The lowest BCUT2D eigenvalue weighted by molar-refractivity contribution is 0.531. The third-order valence-electron chi connectivity index (χ3n) is 5.03. The first-order valence-corrected chi connectivity index (χ1v) is 15.5. The maximum atomic E-state index is 2.72. The van der Waals surface area contributed by atoms with Crippen LogP contribution in [0.4, 0.5) is 0 Å². The van der Waals surface area contributed by atoms with E-state index in [0.29, 0.717) is 0 Å². The molecule has 0 aromatic heterocycles. The molecule has 0 bridgehead atoms. The molecule has 0 saturated heterocycles. The van der Waals surface area contributed by atoms with Gasteiger partial charge in [0.2, 0.25) is 0 Å². The molecule has 0 aromatic carbocycles. The standard InChI is InChI=1S/C21H45IS/c1-4-6-7-8-9-10-11-12-13-14-15-16-17-18-19-20-21-23(3,22)5-2/h4-21H2,1-3H3. The van der Waals surface area contributed by atoms with Crippen molar-refractivity contribution in [3.8, 4) is 0 Å². The second kappa shape index (κ2) is 17.9. The van der Waals surface area contributed by atoms with Crippen LogP contribution in [-0.2, 0) is 0 Å². The molecule has 0 N–H and O–H groups in total. The van der Waals surface area contributed by atoms with Gasteiger partial charge in [0.05, 0.1) is 0 Å². The van der Waals surface area contributed by atoms with Gasteiger partial charge in [-0.05, 0) is 45.4 Å². The Kier molecular flexibility index (Phi) is 18.7. The van der Waals surface area contributed by atoms with Gasteiger partial charge in [-0.2, -0.15) is 7.20 Å². The van der Waals surface area contributed by atoms with Gasteiger partial charge in [-0.3, -0.25) is 0 Å². The molecule has 0 fully saturated rings. The molecule has 0 heterocycles. The van der Waals surface area contributed by atoms with Crippen LogP contribution in [0.2, 0.25) is 0 Å². The summed E-state index contributed by atoms with van der Waals surface area (Å²) in [6, 6.07) is 0. The summed E-state index contributed by atoms with van der Waals surface area (Å²) in [5, 5.41) is 0. The second-order valence-electron chi connectivity index (χ2n) is 7.45. The molecule has 0 amide bonds. The van der Waals surface area contributed by atoms with Crippen LogP contribution in [0.25, 0.3) is 0 Å². The molecule has 0 aliphatic carbocycles. The van der Waals surface area contributed by atoms with Crippen molar-refractivity contribution in [1.29, 1.82) is 0 Å². The summed E-state index contributed by atoms with van der Waals surface area (Å²) in [7, 11) is -0.269. The van der Waals surface area contributed by atoms with E-state index in [1.807, 2.05) is 0 Å². The van der Waals surface area contributed by atoms with E-state index in [1.54, 1.807) is 0 Å². The number of hydrogen-bond acceptors (Lipinski definition) is 0. The normalized spacial score (nSPS) is 15.5. The zero-order chi connectivity index (χ0) is 17.2. The van der Waals surface area contributed by atoms with Gasteiger partial charge in [-0.1, -0.05) is 110 Å². The van der Waals surface area contributed by atoms with Gasteiger partial charge in [0.15, 0.2) is 0 Å². The summed E-state index contributed by atoms with van der Waals surface area (Å²) >= 11 is 2.72. The lowest BCUT2D eigenvalue weighted by Gasteiger charge is -2.26. The smallest absolute Gasteiger partial charge is 0.0146 e. The predicted octanol–water partition coefficient (Wildman–Crippen LogP) is 9.05. The van der Waals surface area contributed by atoms with Crippen molar-refractivity contribution in [2.75, 3.05) is 17.8 Å². The molecule has 0 aromatic rings. The van der Waals surface area contributed by atoms with Crippen LogP contribution in [0.1, 0.15) is 117 Å². The monoisotopic (exact) mass is 456 g/mol. The van der Waals surface area contributed by atoms with Crippen LogP contribution in [0.5, 0.6) is 0 Å². The van der Waals surface area contributed by atoms with Crippen LogP contribution >= 0.6 is 28.4 Å². The highest BCUT2D eigenvalue weighted by Gasteiger charge is 2.09. The van der Waals surface area contributed by atoms with Gasteiger partial charge in [0.1, 0.15) is 0 Å². The van der Waals surface area contributed by atoms with E-state index in [9.17, 15) is 0 Å². The van der Waals surface area contributed by atoms with Crippen LogP contribution in [-0.4, -0.2) is 17.8 Å². The highest BCUT2D eigenvalue weighted by Crippen LogP contribution is 2.52. The summed E-state index contributed by atoms with van der Waals surface area (Å²) in [4.78, 5) is 0. The number of hydrogen-bond donors (Lipinski definition) is 0. The summed E-state index contributed by atoms with van der Waals surface area (Å²) in [6.45, 7) is 4.65. The first-order chi connectivity index (χ1) is 11.1. The van der Waals surface area contributed by atoms with Gasteiger partial charge >= 0.3 is 0 Å². The molecule has 0 rings (SSSR count). The minimum atomic E-state index is -0.269. The van der Waals surface area contributed by atoms with E-state index < -0.39 is 0 Å². The first kappa shape index (κ1) is 24.1. The summed E-state index contributed by atoms with van der Waals surface area (Å²) < 4.78 is 0. The zero-order valence-corrected chi connectivity index (χ0v) is 19.5. The summed E-state index contributed by atoms with van der Waals surface area (Å²) in [5.41, 5.74) is 0. The van der Waals surface area contributed by atoms with Crippen molar-refractivity contribution < 1.29 is 0 Å². The topological polar surface area (TPSA) is 0 Å². The van der Waals surface area contributed by atoms with Crippen molar-refractivity contribution in [2.24, 2.45) is 0 Å². The van der Waals surface area contributed by atoms with Gasteiger partial charge in [-0.15, -0.1) is 0 Å². The van der Waals surface area contributed by atoms with Crippen LogP contribution < -0.4 is 0 Å². The molecule has 23 heavy (non-hydrogen) atoms. The summed E-state index contributed by atoms with van der Waals surface area (Å²) in [5.74, 6) is 2.88. The van der Waals surface area contributed by atoms with Gasteiger partial charge in [0.25, 0.3) is 0 Å². The van der Waals surface area contributed by atoms with Crippen LogP contribution in [0.15, 0.2) is 0 Å². The van der Waals surface area contributed by atoms with E-state index >= 15 is 0 Å². The zero-order valence-electron chi connectivity index (χ0n) is 16.5. The van der Waals surface area contributed by atoms with E-state index in [2.05, 4.69) is 41.3 Å². The molecule has 0 aliphatic rings. The Balaban J connectivity index is 3.05. The van der Waals surface area contributed by atoms with Crippen LogP contribution in [0.3, 0.4) is 0 Å². The Morgan fingerprint density at radius 2 is 0.826 bits per heavy atom. The minimum absolute atomic E-state index is 0.269. The Morgan fingerprint density at radius 3 is 1.13 bits per heavy atom. The van der Waals surface area contributed by atoms with Gasteiger partial charge < -0.3 is 0 Å². The third-order valence-corrected chi connectivity index (χ3v) is 10.6. The lowest BCUT2D eigenvalue weighted by atomic mass is 10.0. The van der Waals surface area contributed by atoms with E-state index in [1.165, 1.54) is 114 Å². The molecule has 0 radical (unpaired) electrons. The highest BCUT2D eigenvalue weighted by atomic mass is 127. The van der Waals surface area contributed by atoms with Gasteiger partial charge in [0, 0.05) is 0 Å². The molecule has 0 spiro atoms. The fourth-order valence-electron chi connectivity index (χ4n) is 3.10. The second-order valence-corrected chi connectivity index (χ2v) is 17.1. The molecule has 0 nitrogen and oxygen atoms in total. The predicted molar refractivity (Wildman–Crippen MR) is 122 cm³/mol. The minimum Gasteiger partial charge on any atom is -0.190 e. The van der Waals surface area contributed by atoms with Crippen molar-refractivity contribution in [3.05, 3.63) is 0 Å². The van der Waals surface area contributed by atoms with Crippen molar-refractivity contribution in [2.45, 2.75) is 117 Å². The molecule has 1 unspecified atom stereocenters. The number of halogens is 1. The molecule has 0 aliphatic heterocycles. The Morgan fingerprint density at radius 1 is 0.522 bits per heavy atom. The SMILES string of the molecule is CCCCCCCCCCCCCCCCCCS(C)(I)CC. The molecular formula is C21H45IS. The highest BCUT2D eigenvalue weighted by molar-refractivity contribution is 14.2. The molecule has 142 valence electrons. The Labute approximate surface area is 162 Å². The first-order valence-electron chi connectivity index (χ1n) is 10.6. The van der Waals surface area contributed by atoms with E-state index in [4.69, 9.17) is 0 Å². The van der Waals surface area contributed by atoms with Crippen LogP contribution in [0, 0.1) is 0 Å². The largest absolute Gasteiger partial charge is 0.190 e. The van der Waals surface area contributed by atoms with Crippen molar-refractivity contribution in [3.63, 3.8) is 0 Å². The summed E-state index contributed by atoms with van der Waals surface area (Å²) in [6.07, 6.45) is 26.0. The fraction of sp³-hybridized carbons (Fsp3) is 1.00. The molecule has 0 saturated carbocycles. The molecular weight excluding hydrogens is 411 g/mol. The van der Waals surface area contributed by atoms with Crippen molar-refractivity contribution in [1.82, 2.24) is 0 Å². The number of unbranched alkanes of at least 4 members (excludes halogenated alkanes) is 15. The van der Waals surface area contributed by atoms with E-state index in [0.717, 1.165) is 0 Å². The quantitative estimate of drug-likeness (QED) is 0.143. The lowest BCUT2D eigenvalue weighted by Crippen LogP contribution is -1.97. The molecule has 2 heteroatoms. The Bertz CT molecular complexity index is 228. The number of rotatable bonds is 18. The van der Waals surface area contributed by atoms with Gasteiger partial charge in [-0.25, -0.2) is 0 Å². The third kappa shape index (κ3) is 19.3. The maximum absolute atomic E-state index is 2.72. The maximum Gasteiger partial charge on any atom is -0.0146 e. The van der Waals surface area contributed by atoms with Crippen molar-refractivity contribution >= 4 is 28.4 Å².